The van der Waals surface area contributed by atoms with E-state index in [0.717, 1.165) is 43.1 Å². The molecule has 3 saturated heterocycles. The quantitative estimate of drug-likeness (QED) is 0.860. The minimum absolute atomic E-state index is 0.0514. The lowest BCUT2D eigenvalue weighted by molar-refractivity contribution is -0.140. The number of fused-ring (bicyclic) bond motifs is 4. The highest BCUT2D eigenvalue weighted by Crippen LogP contribution is 2.32. The molecule has 5 rings (SSSR count). The van der Waals surface area contributed by atoms with Crippen LogP contribution in [-0.4, -0.2) is 45.1 Å². The Bertz CT molecular complexity index is 687. The van der Waals surface area contributed by atoms with Crippen molar-refractivity contribution in [3.05, 3.63) is 34.4 Å². The zero-order valence-electron chi connectivity index (χ0n) is 13.1. The first-order valence-corrected chi connectivity index (χ1v) is 8.88. The Kier molecular flexibility index (Phi) is 3.72. The van der Waals surface area contributed by atoms with E-state index < -0.39 is 0 Å². The standard InChI is InChI=1S/C16H19N5OS/c1-11-2-5-15(19-18-11)20-6-12-3-4-14(8-20)21(16(12)22)7-13-9-23-10-17-13/h2,5,9-10,12,14H,3-4,6-8H2,1H3/t12-,14+/m1/s1. The van der Waals surface area contributed by atoms with Crippen molar-refractivity contribution in [1.82, 2.24) is 20.1 Å². The molecule has 0 radical (unpaired) electrons. The Labute approximate surface area is 139 Å². The molecule has 2 bridgehead atoms. The lowest BCUT2D eigenvalue weighted by Gasteiger charge is -2.35. The fourth-order valence-electron chi connectivity index (χ4n) is 3.49. The highest BCUT2D eigenvalue weighted by molar-refractivity contribution is 7.07. The van der Waals surface area contributed by atoms with Gasteiger partial charge in [0, 0.05) is 24.5 Å². The lowest BCUT2D eigenvalue weighted by Crippen LogP contribution is -2.47. The van der Waals surface area contributed by atoms with Crippen molar-refractivity contribution in [3.63, 3.8) is 0 Å². The van der Waals surface area contributed by atoms with Gasteiger partial charge in [-0.25, -0.2) is 4.98 Å². The highest BCUT2D eigenvalue weighted by atomic mass is 32.1. The summed E-state index contributed by atoms with van der Waals surface area (Å²) in [6.07, 6.45) is 2.02. The molecule has 23 heavy (non-hydrogen) atoms. The molecule has 7 heteroatoms. The van der Waals surface area contributed by atoms with Crippen LogP contribution in [0.3, 0.4) is 0 Å². The molecule has 0 aromatic carbocycles. The molecular weight excluding hydrogens is 310 g/mol. The largest absolute Gasteiger partial charge is 0.352 e. The van der Waals surface area contributed by atoms with Crippen LogP contribution in [0.1, 0.15) is 24.2 Å². The van der Waals surface area contributed by atoms with Crippen LogP contribution in [0, 0.1) is 12.8 Å². The number of aryl methyl sites for hydroxylation is 1. The third kappa shape index (κ3) is 2.81. The van der Waals surface area contributed by atoms with E-state index in [1.165, 1.54) is 0 Å². The van der Waals surface area contributed by atoms with E-state index >= 15 is 0 Å². The van der Waals surface area contributed by atoms with Gasteiger partial charge in [-0.05, 0) is 31.9 Å². The maximum absolute atomic E-state index is 12.8. The van der Waals surface area contributed by atoms with Gasteiger partial charge in [0.2, 0.25) is 5.91 Å². The summed E-state index contributed by atoms with van der Waals surface area (Å²) in [5, 5.41) is 10.5. The first-order valence-electron chi connectivity index (χ1n) is 7.93. The van der Waals surface area contributed by atoms with Crippen LogP contribution in [0.5, 0.6) is 0 Å². The summed E-state index contributed by atoms with van der Waals surface area (Å²) in [7, 11) is 0. The summed E-state index contributed by atoms with van der Waals surface area (Å²) in [4.78, 5) is 21.4. The third-order valence-electron chi connectivity index (χ3n) is 4.72. The lowest BCUT2D eigenvalue weighted by atomic mass is 9.94. The van der Waals surface area contributed by atoms with Crippen molar-refractivity contribution >= 4 is 23.1 Å². The van der Waals surface area contributed by atoms with Gasteiger partial charge in [-0.1, -0.05) is 0 Å². The first-order chi connectivity index (χ1) is 11.2. The van der Waals surface area contributed by atoms with E-state index in [1.54, 1.807) is 11.3 Å². The molecule has 2 aromatic heterocycles. The number of carbonyl (C=O) groups is 1. The SMILES string of the molecule is Cc1ccc(N2C[C@H]3CC[C@@H](C2)N(Cc2cscn2)C3=O)nn1. The van der Waals surface area contributed by atoms with E-state index in [0.29, 0.717) is 6.54 Å². The summed E-state index contributed by atoms with van der Waals surface area (Å²) in [5.41, 5.74) is 3.72. The first kappa shape index (κ1) is 14.6. The number of nitrogens with zero attached hydrogens (tertiary/aromatic N) is 5. The number of anilines is 1. The van der Waals surface area contributed by atoms with Crippen LogP contribution in [0.25, 0.3) is 0 Å². The van der Waals surface area contributed by atoms with Crippen LogP contribution in [-0.2, 0) is 11.3 Å². The van der Waals surface area contributed by atoms with Gasteiger partial charge in [-0.3, -0.25) is 4.79 Å². The molecule has 1 amide bonds. The second-order valence-corrected chi connectivity index (χ2v) is 7.03. The Morgan fingerprint density at radius 3 is 2.91 bits per heavy atom. The molecule has 6 nitrogen and oxygen atoms in total. The van der Waals surface area contributed by atoms with E-state index in [9.17, 15) is 4.79 Å². The zero-order chi connectivity index (χ0) is 15.8. The van der Waals surface area contributed by atoms with Crippen molar-refractivity contribution in [2.45, 2.75) is 32.4 Å². The topological polar surface area (TPSA) is 62.2 Å². The zero-order valence-corrected chi connectivity index (χ0v) is 13.9. The third-order valence-corrected chi connectivity index (χ3v) is 5.35. The molecule has 0 unspecified atom stereocenters. The number of hydrogen-bond donors (Lipinski definition) is 0. The summed E-state index contributed by atoms with van der Waals surface area (Å²) < 4.78 is 0. The number of rotatable bonds is 3. The number of piperidine rings is 1. The molecule has 3 aliphatic rings. The second kappa shape index (κ2) is 5.88. The van der Waals surface area contributed by atoms with Gasteiger partial charge in [0.1, 0.15) is 0 Å². The minimum atomic E-state index is 0.0514. The fraction of sp³-hybridized carbons (Fsp3) is 0.500. The molecule has 3 aliphatic heterocycles. The molecule has 0 spiro atoms. The molecule has 2 atom stereocenters. The van der Waals surface area contributed by atoms with Gasteiger partial charge >= 0.3 is 0 Å². The van der Waals surface area contributed by atoms with Gasteiger partial charge in [-0.15, -0.1) is 16.4 Å². The van der Waals surface area contributed by atoms with E-state index in [1.807, 2.05) is 34.8 Å². The van der Waals surface area contributed by atoms with Crippen LogP contribution in [0.15, 0.2) is 23.0 Å². The summed E-state index contributed by atoms with van der Waals surface area (Å²) >= 11 is 1.58. The Morgan fingerprint density at radius 2 is 2.17 bits per heavy atom. The normalized spacial score (nSPS) is 24.1. The summed E-state index contributed by atoms with van der Waals surface area (Å²) in [5.74, 6) is 1.18. The second-order valence-electron chi connectivity index (χ2n) is 6.31. The van der Waals surface area contributed by atoms with E-state index in [2.05, 4.69) is 20.1 Å². The molecule has 3 fully saturated rings. The monoisotopic (exact) mass is 329 g/mol. The predicted molar refractivity (Wildman–Crippen MR) is 88.2 cm³/mol. The summed E-state index contributed by atoms with van der Waals surface area (Å²) in [6.45, 7) is 4.11. The van der Waals surface area contributed by atoms with Crippen molar-refractivity contribution in [1.29, 1.82) is 0 Å². The highest BCUT2D eigenvalue weighted by Gasteiger charge is 2.41. The van der Waals surface area contributed by atoms with Gasteiger partial charge in [0.05, 0.1) is 29.4 Å². The van der Waals surface area contributed by atoms with Crippen LogP contribution in [0.4, 0.5) is 5.82 Å². The van der Waals surface area contributed by atoms with Crippen molar-refractivity contribution in [2.24, 2.45) is 5.92 Å². The van der Waals surface area contributed by atoms with Crippen molar-refractivity contribution in [2.75, 3.05) is 18.0 Å². The maximum Gasteiger partial charge on any atom is 0.228 e. The molecule has 0 aliphatic carbocycles. The average molecular weight is 329 g/mol. The molecule has 120 valence electrons. The van der Waals surface area contributed by atoms with Gasteiger partial charge in [0.25, 0.3) is 0 Å². The van der Waals surface area contributed by atoms with Gasteiger partial charge in [0.15, 0.2) is 5.82 Å². The molecule has 0 N–H and O–H groups in total. The Morgan fingerprint density at radius 1 is 1.26 bits per heavy atom. The minimum Gasteiger partial charge on any atom is -0.352 e. The molecule has 0 saturated carbocycles. The smallest absolute Gasteiger partial charge is 0.228 e. The molecular formula is C16H19N5OS. The van der Waals surface area contributed by atoms with Crippen molar-refractivity contribution in [3.8, 4) is 0 Å². The number of amides is 1. The van der Waals surface area contributed by atoms with Crippen LogP contribution < -0.4 is 4.90 Å². The average Bonchev–Trinajstić information content (AvgIpc) is 2.92. The Balaban J connectivity index is 1.58. The fourth-order valence-corrected chi connectivity index (χ4v) is 4.04. The molecule has 2 aromatic rings. The van der Waals surface area contributed by atoms with Crippen LogP contribution in [0.2, 0.25) is 0 Å². The van der Waals surface area contributed by atoms with E-state index in [4.69, 9.17) is 0 Å². The van der Waals surface area contributed by atoms with Gasteiger partial charge < -0.3 is 9.80 Å². The predicted octanol–water partition coefficient (Wildman–Crippen LogP) is 1.87. The number of hydrogen-bond acceptors (Lipinski definition) is 6. The molecule has 5 heterocycles. The van der Waals surface area contributed by atoms with E-state index in [-0.39, 0.29) is 17.9 Å². The van der Waals surface area contributed by atoms with Crippen LogP contribution >= 0.6 is 11.3 Å². The number of carbonyl (C=O) groups excluding carboxylic acids is 1. The summed E-state index contributed by atoms with van der Waals surface area (Å²) in [6, 6.07) is 4.21. The number of thiazole rings is 1. The van der Waals surface area contributed by atoms with Gasteiger partial charge in [-0.2, -0.15) is 5.10 Å². The van der Waals surface area contributed by atoms with Crippen molar-refractivity contribution < 1.29 is 4.79 Å². The Hall–Kier alpha value is -2.02. The maximum atomic E-state index is 12.8. The number of aromatic nitrogens is 3.